The van der Waals surface area contributed by atoms with E-state index in [1.165, 1.54) is 34.5 Å². The van der Waals surface area contributed by atoms with E-state index in [2.05, 4.69) is 69.4 Å². The predicted octanol–water partition coefficient (Wildman–Crippen LogP) is 5.72. The van der Waals surface area contributed by atoms with Gasteiger partial charge in [0, 0.05) is 55.9 Å². The molecule has 3 heterocycles. The maximum absolute atomic E-state index is 11.4. The van der Waals surface area contributed by atoms with Gasteiger partial charge in [0.25, 0.3) is 0 Å². The number of likely N-dealkylation sites (tertiary alicyclic amines) is 1. The summed E-state index contributed by atoms with van der Waals surface area (Å²) in [5.74, 6) is 1.29. The number of pyridine rings is 1. The second kappa shape index (κ2) is 11.4. The fourth-order valence-electron chi connectivity index (χ4n) is 7.00. The van der Waals surface area contributed by atoms with Crippen LogP contribution in [-0.4, -0.2) is 54.2 Å². The fourth-order valence-corrected chi connectivity index (χ4v) is 7.00. The van der Waals surface area contributed by atoms with Gasteiger partial charge in [-0.2, -0.15) is 5.26 Å². The molecule has 6 nitrogen and oxygen atoms in total. The lowest BCUT2D eigenvalue weighted by atomic mass is 9.84. The number of carbonyl (C=O) groups is 1. The van der Waals surface area contributed by atoms with Gasteiger partial charge in [-0.1, -0.05) is 30.3 Å². The Hall–Kier alpha value is -3.43. The highest BCUT2D eigenvalue weighted by Gasteiger charge is 2.35. The first-order valence-electron chi connectivity index (χ1n) is 14.5. The average molecular weight is 523 g/mol. The van der Waals surface area contributed by atoms with Gasteiger partial charge < -0.3 is 9.64 Å². The molecule has 0 spiro atoms. The summed E-state index contributed by atoms with van der Waals surface area (Å²) in [5, 5.41) is 12.4. The predicted molar refractivity (Wildman–Crippen MR) is 153 cm³/mol. The van der Waals surface area contributed by atoms with Crippen LogP contribution in [0.25, 0.3) is 10.8 Å². The Balaban J connectivity index is 1.00. The number of ether oxygens (including phenoxy) is 1. The van der Waals surface area contributed by atoms with Crippen molar-refractivity contribution in [2.75, 3.05) is 31.1 Å². The van der Waals surface area contributed by atoms with Gasteiger partial charge in [-0.25, -0.2) is 0 Å². The first-order valence-corrected chi connectivity index (χ1v) is 14.5. The van der Waals surface area contributed by atoms with Crippen LogP contribution in [0.5, 0.6) is 0 Å². The summed E-state index contributed by atoms with van der Waals surface area (Å²) in [6.45, 7) is 5.58. The number of hydrogen-bond donors (Lipinski definition) is 0. The van der Waals surface area contributed by atoms with Gasteiger partial charge in [0.15, 0.2) is 0 Å². The van der Waals surface area contributed by atoms with E-state index in [1.807, 2.05) is 12.4 Å². The summed E-state index contributed by atoms with van der Waals surface area (Å²) in [4.78, 5) is 20.6. The van der Waals surface area contributed by atoms with Crippen LogP contribution in [0.1, 0.15) is 56.1 Å². The number of hydrogen-bond acceptors (Lipinski definition) is 6. The maximum atomic E-state index is 11.4. The van der Waals surface area contributed by atoms with Crippen molar-refractivity contribution in [2.24, 2.45) is 11.8 Å². The highest BCUT2D eigenvalue weighted by atomic mass is 16.5. The van der Waals surface area contributed by atoms with Crippen LogP contribution < -0.4 is 4.90 Å². The van der Waals surface area contributed by atoms with Gasteiger partial charge in [0.05, 0.1) is 12.1 Å². The lowest BCUT2D eigenvalue weighted by Gasteiger charge is -2.45. The maximum Gasteiger partial charge on any atom is 0.302 e. The van der Waals surface area contributed by atoms with E-state index < -0.39 is 0 Å². The van der Waals surface area contributed by atoms with Crippen molar-refractivity contribution in [3.8, 4) is 6.07 Å². The molecular weight excluding hydrogens is 484 g/mol. The molecule has 1 saturated carbocycles. The Labute approximate surface area is 231 Å². The zero-order valence-electron chi connectivity index (χ0n) is 22.8. The molecule has 2 saturated heterocycles. The third-order valence-corrected chi connectivity index (χ3v) is 9.16. The quantitative estimate of drug-likeness (QED) is 0.370. The van der Waals surface area contributed by atoms with Crippen LogP contribution in [0.2, 0.25) is 0 Å². The molecule has 2 aliphatic heterocycles. The van der Waals surface area contributed by atoms with Gasteiger partial charge in [0.1, 0.15) is 6.10 Å². The number of rotatable bonds is 7. The molecule has 0 radical (unpaired) electrons. The van der Waals surface area contributed by atoms with E-state index in [4.69, 9.17) is 4.74 Å². The smallest absolute Gasteiger partial charge is 0.302 e. The number of nitriles is 1. The number of carbonyl (C=O) groups excluding carboxylic acids is 1. The SMILES string of the molecule is CC(=O)OC1CCCC1Cc1ccc(C2CCN(CC3CN(c4ccc5ccncc5c4)C3)C(C#N)C2)cc1. The monoisotopic (exact) mass is 522 g/mol. The molecule has 6 rings (SSSR count). The minimum Gasteiger partial charge on any atom is -0.462 e. The minimum atomic E-state index is -0.169. The number of benzene rings is 2. The lowest BCUT2D eigenvalue weighted by molar-refractivity contribution is -0.147. The summed E-state index contributed by atoms with van der Waals surface area (Å²) in [7, 11) is 0. The van der Waals surface area contributed by atoms with E-state index in [9.17, 15) is 10.1 Å². The summed E-state index contributed by atoms with van der Waals surface area (Å²) >= 11 is 0. The normalized spacial score (nSPS) is 25.8. The number of esters is 1. The molecule has 4 unspecified atom stereocenters. The molecular formula is C33H38N4O2. The molecule has 1 aromatic heterocycles. The molecule has 39 heavy (non-hydrogen) atoms. The minimum absolute atomic E-state index is 0.0211. The number of nitrogens with zero attached hydrogens (tertiary/aromatic N) is 4. The van der Waals surface area contributed by atoms with Crippen LogP contribution in [0, 0.1) is 23.2 Å². The molecule has 3 aromatic rings. The first kappa shape index (κ1) is 25.8. The van der Waals surface area contributed by atoms with E-state index >= 15 is 0 Å². The second-order valence-electron chi connectivity index (χ2n) is 11.8. The molecule has 3 fully saturated rings. The molecule has 2 aromatic carbocycles. The molecule has 6 heteroatoms. The number of aromatic nitrogens is 1. The zero-order valence-corrected chi connectivity index (χ0v) is 22.8. The molecule has 0 N–H and O–H groups in total. The van der Waals surface area contributed by atoms with Crippen molar-refractivity contribution in [3.05, 3.63) is 72.1 Å². The molecule has 3 aliphatic rings. The van der Waals surface area contributed by atoms with Gasteiger partial charge in [-0.3, -0.25) is 14.7 Å². The van der Waals surface area contributed by atoms with E-state index in [0.29, 0.717) is 17.8 Å². The lowest BCUT2D eigenvalue weighted by Crippen LogP contribution is -2.54. The van der Waals surface area contributed by atoms with Gasteiger partial charge in [-0.05, 0) is 91.6 Å². The van der Waals surface area contributed by atoms with Crippen molar-refractivity contribution in [1.29, 1.82) is 5.26 Å². The van der Waals surface area contributed by atoms with Crippen LogP contribution in [-0.2, 0) is 16.0 Å². The first-order chi connectivity index (χ1) is 19.1. The molecule has 202 valence electrons. The molecule has 0 amide bonds. The summed E-state index contributed by atoms with van der Waals surface area (Å²) < 4.78 is 5.55. The van der Waals surface area contributed by atoms with Crippen molar-refractivity contribution in [2.45, 2.75) is 63.5 Å². The Morgan fingerprint density at radius 2 is 1.92 bits per heavy atom. The third kappa shape index (κ3) is 5.79. The van der Waals surface area contributed by atoms with Gasteiger partial charge in [-0.15, -0.1) is 0 Å². The largest absolute Gasteiger partial charge is 0.462 e. The molecule has 1 aliphatic carbocycles. The Bertz CT molecular complexity index is 1340. The van der Waals surface area contributed by atoms with Crippen LogP contribution in [0.15, 0.2) is 60.9 Å². The highest BCUT2D eigenvalue weighted by molar-refractivity contribution is 5.85. The van der Waals surface area contributed by atoms with Crippen molar-refractivity contribution < 1.29 is 9.53 Å². The Morgan fingerprint density at radius 1 is 1.08 bits per heavy atom. The molecule has 0 bridgehead atoms. The van der Waals surface area contributed by atoms with Crippen LogP contribution in [0.4, 0.5) is 5.69 Å². The summed E-state index contributed by atoms with van der Waals surface area (Å²) in [6.07, 6.45) is 10.0. The van der Waals surface area contributed by atoms with Crippen molar-refractivity contribution in [1.82, 2.24) is 9.88 Å². The number of anilines is 1. The zero-order chi connectivity index (χ0) is 26.8. The van der Waals surface area contributed by atoms with Gasteiger partial charge in [0.2, 0.25) is 0 Å². The molecule has 4 atom stereocenters. The van der Waals surface area contributed by atoms with Crippen LogP contribution >= 0.6 is 0 Å². The standard InChI is InChI=1S/C33H38N4O2/c1-23(38)39-33-4-2-3-29(33)15-24-5-7-26(8-6-24)28-12-14-36(32(16-28)18-34)20-25-21-37(22-25)31-10-9-27-11-13-35-19-30(27)17-31/h5-11,13,17,19,25,28-29,32-33H,2-4,12,14-16,20-22H2,1H3. The highest BCUT2D eigenvalue weighted by Crippen LogP contribution is 2.35. The van der Waals surface area contributed by atoms with E-state index in [1.54, 1.807) is 0 Å². The number of fused-ring (bicyclic) bond motifs is 1. The van der Waals surface area contributed by atoms with Crippen LogP contribution in [0.3, 0.4) is 0 Å². The Morgan fingerprint density at radius 3 is 2.72 bits per heavy atom. The van der Waals surface area contributed by atoms with Crippen molar-refractivity contribution in [3.63, 3.8) is 0 Å². The fraction of sp³-hybridized carbons (Fsp3) is 0.485. The van der Waals surface area contributed by atoms with Gasteiger partial charge >= 0.3 is 5.97 Å². The second-order valence-corrected chi connectivity index (χ2v) is 11.8. The summed E-state index contributed by atoms with van der Waals surface area (Å²) in [5.41, 5.74) is 3.93. The van der Waals surface area contributed by atoms with Crippen molar-refractivity contribution >= 4 is 22.4 Å². The summed E-state index contributed by atoms with van der Waals surface area (Å²) in [6, 6.07) is 20.3. The van der Waals surface area contributed by atoms with E-state index in [0.717, 1.165) is 64.7 Å². The van der Waals surface area contributed by atoms with E-state index in [-0.39, 0.29) is 18.1 Å². The third-order valence-electron chi connectivity index (χ3n) is 9.16. The average Bonchev–Trinajstić information content (AvgIpc) is 3.36. The topological polar surface area (TPSA) is 69.5 Å². The Kier molecular flexibility index (Phi) is 7.52. The number of piperidine rings is 1.